The van der Waals surface area contributed by atoms with Crippen LogP contribution in [0.2, 0.25) is 10.0 Å². The molecule has 0 aliphatic carbocycles. The molecule has 2 aliphatic rings. The molecule has 0 spiro atoms. The second-order valence-corrected chi connectivity index (χ2v) is 15.9. The van der Waals surface area contributed by atoms with Crippen LogP contribution in [-0.2, 0) is 0 Å². The number of hydrogen-bond acceptors (Lipinski definition) is 6. The number of nitrogens with zero attached hydrogens (tertiary/aromatic N) is 6. The zero-order valence-electron chi connectivity index (χ0n) is 34.3. The van der Waals surface area contributed by atoms with Gasteiger partial charge < -0.3 is 19.6 Å². The van der Waals surface area contributed by atoms with Gasteiger partial charge in [-0.25, -0.2) is 9.97 Å². The number of halogens is 4. The zero-order chi connectivity index (χ0) is 39.0. The number of rotatable bonds is 10. The Labute approximate surface area is 368 Å². The molecule has 0 radical (unpaired) electrons. The van der Waals surface area contributed by atoms with Gasteiger partial charge in [0, 0.05) is 81.6 Å². The van der Waals surface area contributed by atoms with Crippen LogP contribution in [0.25, 0.3) is 44.3 Å². The van der Waals surface area contributed by atoms with E-state index >= 15 is 0 Å². The van der Waals surface area contributed by atoms with Crippen molar-refractivity contribution >= 4 is 81.2 Å². The Kier molecular flexibility index (Phi) is 16.9. The maximum absolute atomic E-state index is 6.08. The molecule has 2 fully saturated rings. The molecular weight excluding hydrogens is 802 g/mol. The molecule has 6 nitrogen and oxygen atoms in total. The zero-order valence-corrected chi connectivity index (χ0v) is 37.4. The molecular formula is C48H58Cl4N6. The van der Waals surface area contributed by atoms with Crippen molar-refractivity contribution in [2.24, 2.45) is 0 Å². The number of pyridine rings is 2. The van der Waals surface area contributed by atoms with E-state index in [2.05, 4.69) is 132 Å². The molecule has 6 aromatic rings. The molecule has 0 amide bonds. The highest BCUT2D eigenvalue weighted by Gasteiger charge is 2.26. The molecule has 2 saturated heterocycles. The number of hydrogen-bond donors (Lipinski definition) is 0. The fourth-order valence-corrected chi connectivity index (χ4v) is 9.05. The van der Waals surface area contributed by atoms with Gasteiger partial charge in [0.15, 0.2) is 0 Å². The highest BCUT2D eigenvalue weighted by atomic mass is 35.5. The summed E-state index contributed by atoms with van der Waals surface area (Å²) < 4.78 is 0. The Bertz CT molecular complexity index is 2020. The van der Waals surface area contributed by atoms with E-state index in [9.17, 15) is 0 Å². The van der Waals surface area contributed by atoms with E-state index in [-0.39, 0.29) is 24.8 Å². The van der Waals surface area contributed by atoms with Crippen LogP contribution in [0, 0.1) is 0 Å². The number of anilines is 2. The second kappa shape index (κ2) is 21.6. The van der Waals surface area contributed by atoms with Gasteiger partial charge in [-0.2, -0.15) is 0 Å². The van der Waals surface area contributed by atoms with E-state index in [0.29, 0.717) is 12.1 Å². The summed E-state index contributed by atoms with van der Waals surface area (Å²) in [5.41, 5.74) is 8.94. The van der Waals surface area contributed by atoms with Crippen molar-refractivity contribution in [2.45, 2.75) is 65.5 Å². The lowest BCUT2D eigenvalue weighted by atomic mass is 10.0. The van der Waals surface area contributed by atoms with Gasteiger partial charge >= 0.3 is 0 Å². The Morgan fingerprint density at radius 1 is 0.500 bits per heavy atom. The number of piperidine rings is 2. The lowest BCUT2D eigenvalue weighted by Crippen LogP contribution is -2.44. The van der Waals surface area contributed by atoms with Gasteiger partial charge in [0.05, 0.1) is 22.4 Å². The quantitative estimate of drug-likeness (QED) is 0.137. The Balaban J connectivity index is 0.000000214. The van der Waals surface area contributed by atoms with E-state index < -0.39 is 0 Å². The first-order valence-electron chi connectivity index (χ1n) is 20.7. The second-order valence-electron chi connectivity index (χ2n) is 15.0. The molecule has 58 heavy (non-hydrogen) atoms. The van der Waals surface area contributed by atoms with Crippen molar-refractivity contribution < 1.29 is 0 Å². The minimum atomic E-state index is 0. The third-order valence-electron chi connectivity index (χ3n) is 11.9. The topological polar surface area (TPSA) is 38.7 Å². The third-order valence-corrected chi connectivity index (χ3v) is 12.4. The summed E-state index contributed by atoms with van der Waals surface area (Å²) in [6, 6.07) is 38.8. The molecule has 0 atom stereocenters. The molecule has 2 aromatic heterocycles. The van der Waals surface area contributed by atoms with Gasteiger partial charge in [0.1, 0.15) is 0 Å². The van der Waals surface area contributed by atoms with Crippen LogP contribution in [0.15, 0.2) is 109 Å². The van der Waals surface area contributed by atoms with Crippen LogP contribution in [0.5, 0.6) is 0 Å². The summed E-state index contributed by atoms with van der Waals surface area (Å²) in [5.74, 6) is 0. The predicted octanol–water partition coefficient (Wildman–Crippen LogP) is 12.6. The van der Waals surface area contributed by atoms with Gasteiger partial charge in [-0.1, -0.05) is 112 Å². The summed E-state index contributed by atoms with van der Waals surface area (Å²) >= 11 is 12.2. The summed E-state index contributed by atoms with van der Waals surface area (Å²) in [7, 11) is 0. The Hall–Kier alpha value is -3.62. The van der Waals surface area contributed by atoms with Crippen LogP contribution >= 0.6 is 48.0 Å². The summed E-state index contributed by atoms with van der Waals surface area (Å²) in [5, 5.41) is 3.98. The van der Waals surface area contributed by atoms with Crippen molar-refractivity contribution in [2.75, 3.05) is 62.2 Å². The van der Waals surface area contributed by atoms with Crippen molar-refractivity contribution in [3.8, 4) is 22.5 Å². The van der Waals surface area contributed by atoms with Crippen LogP contribution < -0.4 is 9.80 Å². The first-order valence-corrected chi connectivity index (χ1v) is 21.4. The van der Waals surface area contributed by atoms with Crippen LogP contribution in [0.4, 0.5) is 11.4 Å². The summed E-state index contributed by atoms with van der Waals surface area (Å²) in [4.78, 5) is 20.1. The predicted molar refractivity (Wildman–Crippen MR) is 255 cm³/mol. The number of para-hydroxylation sites is 2. The van der Waals surface area contributed by atoms with Crippen molar-refractivity contribution in [1.29, 1.82) is 0 Å². The fourth-order valence-electron chi connectivity index (χ4n) is 8.80. The minimum Gasteiger partial charge on any atom is -0.371 e. The maximum atomic E-state index is 6.08. The van der Waals surface area contributed by atoms with Crippen molar-refractivity contribution in [3.05, 3.63) is 119 Å². The van der Waals surface area contributed by atoms with Gasteiger partial charge in [-0.3, -0.25) is 0 Å². The average Bonchev–Trinajstić information content (AvgIpc) is 3.25. The Morgan fingerprint density at radius 2 is 0.828 bits per heavy atom. The lowest BCUT2D eigenvalue weighted by molar-refractivity contribution is 0.186. The van der Waals surface area contributed by atoms with Crippen LogP contribution in [-0.4, -0.2) is 84.2 Å². The van der Waals surface area contributed by atoms with E-state index in [1.165, 1.54) is 47.8 Å². The van der Waals surface area contributed by atoms with Crippen LogP contribution in [0.3, 0.4) is 0 Å². The standard InChI is InChI=1S/2C24H28ClN3.2ClH/c2*1-3-27(4-2)20-13-15-28(16-14-20)24-17-23(18-9-11-19(25)12-10-18)26-22-8-6-5-7-21(22)24;;/h2*5-12,17,20H,3-4,13-16H2,1-2H3;2*1H. The molecule has 2 aliphatic heterocycles. The number of benzene rings is 4. The average molecular weight is 861 g/mol. The smallest absolute Gasteiger partial charge is 0.0730 e. The molecule has 0 N–H and O–H groups in total. The summed E-state index contributed by atoms with van der Waals surface area (Å²) in [6.45, 7) is 18.0. The molecule has 10 heteroatoms. The lowest BCUT2D eigenvalue weighted by Gasteiger charge is -2.39. The Morgan fingerprint density at radius 3 is 1.16 bits per heavy atom. The highest BCUT2D eigenvalue weighted by Crippen LogP contribution is 2.35. The van der Waals surface area contributed by atoms with Crippen molar-refractivity contribution in [1.82, 2.24) is 19.8 Å². The molecule has 4 aromatic carbocycles. The minimum absolute atomic E-state index is 0. The van der Waals surface area contributed by atoms with E-state index in [1.807, 2.05) is 24.3 Å². The van der Waals surface area contributed by atoms with Gasteiger partial charge in [0.25, 0.3) is 0 Å². The first-order chi connectivity index (χ1) is 27.4. The molecule has 4 heterocycles. The molecule has 8 rings (SSSR count). The van der Waals surface area contributed by atoms with E-state index in [1.54, 1.807) is 0 Å². The summed E-state index contributed by atoms with van der Waals surface area (Å²) in [6.07, 6.45) is 4.87. The van der Waals surface area contributed by atoms with Gasteiger partial charge in [-0.05, 0) is 100 Å². The SMILES string of the molecule is CCN(CC)C1CCN(c2cc(-c3ccc(Cl)cc3)nc3ccccc23)CC1.CCN(CC)C1CCN(c2cc(-c3ccc(Cl)cc3)nc3ccccc23)CC1.Cl.Cl. The number of aromatic nitrogens is 2. The molecule has 308 valence electrons. The van der Waals surface area contributed by atoms with Gasteiger partial charge in [0.2, 0.25) is 0 Å². The molecule has 0 saturated carbocycles. The van der Waals surface area contributed by atoms with Crippen LogP contribution in [0.1, 0.15) is 53.4 Å². The molecule has 0 unspecified atom stereocenters. The first kappa shape index (κ1) is 45.5. The maximum Gasteiger partial charge on any atom is 0.0730 e. The number of fused-ring (bicyclic) bond motifs is 2. The van der Waals surface area contributed by atoms with E-state index in [0.717, 1.165) is 96.0 Å². The van der Waals surface area contributed by atoms with Crippen molar-refractivity contribution in [3.63, 3.8) is 0 Å². The fraction of sp³-hybridized carbons (Fsp3) is 0.375. The van der Waals surface area contributed by atoms with E-state index in [4.69, 9.17) is 33.2 Å². The normalized spacial score (nSPS) is 15.0. The largest absolute Gasteiger partial charge is 0.371 e. The third kappa shape index (κ3) is 10.6. The highest BCUT2D eigenvalue weighted by molar-refractivity contribution is 6.31. The monoisotopic (exact) mass is 858 g/mol. The molecule has 0 bridgehead atoms. The van der Waals surface area contributed by atoms with Gasteiger partial charge in [-0.15, -0.1) is 24.8 Å².